The summed E-state index contributed by atoms with van der Waals surface area (Å²) in [5.41, 5.74) is 1.77. The van der Waals surface area contributed by atoms with Gasteiger partial charge >= 0.3 is 0 Å². The van der Waals surface area contributed by atoms with Crippen LogP contribution in [0.2, 0.25) is 0 Å². The lowest BCUT2D eigenvalue weighted by molar-refractivity contribution is 0.177. The van der Waals surface area contributed by atoms with Crippen molar-refractivity contribution in [1.82, 2.24) is 4.98 Å². The van der Waals surface area contributed by atoms with Gasteiger partial charge < -0.3 is 9.52 Å². The smallest absolute Gasteiger partial charge is 0.0960 e. The van der Waals surface area contributed by atoms with Crippen molar-refractivity contribution in [3.63, 3.8) is 0 Å². The second-order valence-corrected chi connectivity index (χ2v) is 4.20. The highest BCUT2D eigenvalue weighted by Gasteiger charge is 2.09. The van der Waals surface area contributed by atoms with E-state index in [1.807, 2.05) is 6.07 Å². The molecule has 0 saturated heterocycles. The van der Waals surface area contributed by atoms with Crippen LogP contribution in [0.5, 0.6) is 0 Å². The number of furan rings is 1. The molecule has 0 spiro atoms. The number of pyridine rings is 1. The lowest BCUT2D eigenvalue weighted by atomic mass is 10.1. The van der Waals surface area contributed by atoms with E-state index in [0.717, 1.165) is 15.6 Å². The van der Waals surface area contributed by atoms with Crippen molar-refractivity contribution in [1.29, 1.82) is 0 Å². The van der Waals surface area contributed by atoms with Crippen LogP contribution in [0.1, 0.15) is 17.2 Å². The number of rotatable bonds is 3. The average Bonchev–Trinajstić information content (AvgIpc) is 2.70. The minimum absolute atomic E-state index is 0.534. The molecule has 1 unspecified atom stereocenters. The molecule has 0 amide bonds. The van der Waals surface area contributed by atoms with E-state index in [-0.39, 0.29) is 0 Å². The number of aliphatic hydroxyl groups excluding tert-OH is 1. The fourth-order valence-corrected chi connectivity index (χ4v) is 1.79. The highest BCUT2D eigenvalue weighted by molar-refractivity contribution is 9.10. The second-order valence-electron chi connectivity index (χ2n) is 3.29. The summed E-state index contributed by atoms with van der Waals surface area (Å²) in [7, 11) is 0. The molecule has 0 aliphatic carbocycles. The highest BCUT2D eigenvalue weighted by atomic mass is 79.9. The fourth-order valence-electron chi connectivity index (χ4n) is 1.37. The van der Waals surface area contributed by atoms with Crippen molar-refractivity contribution in [2.75, 3.05) is 0 Å². The third kappa shape index (κ3) is 2.67. The first-order chi connectivity index (χ1) is 7.25. The van der Waals surface area contributed by atoms with Gasteiger partial charge in [-0.25, -0.2) is 0 Å². The van der Waals surface area contributed by atoms with Gasteiger partial charge in [-0.3, -0.25) is 4.98 Å². The lowest BCUT2D eigenvalue weighted by Crippen LogP contribution is -2.00. The van der Waals surface area contributed by atoms with Crippen LogP contribution in [0, 0.1) is 0 Å². The van der Waals surface area contributed by atoms with Crippen LogP contribution in [0.15, 0.2) is 45.9 Å². The number of aromatic nitrogens is 1. The van der Waals surface area contributed by atoms with Crippen molar-refractivity contribution >= 4 is 15.9 Å². The normalized spacial score (nSPS) is 12.7. The van der Waals surface area contributed by atoms with E-state index in [1.165, 1.54) is 0 Å². The summed E-state index contributed by atoms with van der Waals surface area (Å²) in [4.78, 5) is 4.04. The molecule has 4 heteroatoms. The SMILES string of the molecule is OC(Cc1cncc(Br)c1)c1ccoc1. The fraction of sp³-hybridized carbons (Fsp3) is 0.182. The zero-order chi connectivity index (χ0) is 10.7. The van der Waals surface area contributed by atoms with Gasteiger partial charge in [0.1, 0.15) is 0 Å². The summed E-state index contributed by atoms with van der Waals surface area (Å²) >= 11 is 3.34. The maximum atomic E-state index is 9.85. The van der Waals surface area contributed by atoms with Gasteiger partial charge in [-0.05, 0) is 33.6 Å². The molecule has 78 valence electrons. The van der Waals surface area contributed by atoms with Crippen molar-refractivity contribution in [2.24, 2.45) is 0 Å². The van der Waals surface area contributed by atoms with Gasteiger partial charge in [-0.1, -0.05) is 0 Å². The highest BCUT2D eigenvalue weighted by Crippen LogP contribution is 2.19. The minimum Gasteiger partial charge on any atom is -0.472 e. The van der Waals surface area contributed by atoms with Gasteiger partial charge in [0.2, 0.25) is 0 Å². The van der Waals surface area contributed by atoms with E-state index in [1.54, 1.807) is 31.0 Å². The first kappa shape index (κ1) is 10.4. The molecule has 1 N–H and O–H groups in total. The van der Waals surface area contributed by atoms with E-state index in [4.69, 9.17) is 4.42 Å². The van der Waals surface area contributed by atoms with E-state index >= 15 is 0 Å². The van der Waals surface area contributed by atoms with Gasteiger partial charge in [0.05, 0.1) is 18.6 Å². The van der Waals surface area contributed by atoms with Crippen LogP contribution in [0.3, 0.4) is 0 Å². The summed E-state index contributed by atoms with van der Waals surface area (Å²) in [6, 6.07) is 3.70. The molecule has 0 radical (unpaired) electrons. The Hall–Kier alpha value is -1.13. The van der Waals surface area contributed by atoms with E-state index in [2.05, 4.69) is 20.9 Å². The van der Waals surface area contributed by atoms with E-state index < -0.39 is 6.10 Å². The molecule has 0 saturated carbocycles. The molecule has 0 aromatic carbocycles. The van der Waals surface area contributed by atoms with Crippen LogP contribution in [-0.4, -0.2) is 10.1 Å². The minimum atomic E-state index is -0.542. The summed E-state index contributed by atoms with van der Waals surface area (Å²) in [5.74, 6) is 0. The van der Waals surface area contributed by atoms with Crippen molar-refractivity contribution in [3.05, 3.63) is 52.7 Å². The van der Waals surface area contributed by atoms with E-state index in [9.17, 15) is 5.11 Å². The summed E-state index contributed by atoms with van der Waals surface area (Å²) in [6.45, 7) is 0. The Morgan fingerprint density at radius 2 is 2.33 bits per heavy atom. The largest absolute Gasteiger partial charge is 0.472 e. The third-order valence-corrected chi connectivity index (χ3v) is 2.55. The van der Waals surface area contributed by atoms with E-state index in [0.29, 0.717) is 6.42 Å². The molecule has 2 aromatic rings. The molecule has 0 aliphatic heterocycles. The molecular formula is C11H10BrNO2. The Bertz CT molecular complexity index is 428. The van der Waals surface area contributed by atoms with Gasteiger partial charge in [0.15, 0.2) is 0 Å². The van der Waals surface area contributed by atoms with Crippen LogP contribution in [0.25, 0.3) is 0 Å². The van der Waals surface area contributed by atoms with Gasteiger partial charge in [0.25, 0.3) is 0 Å². The van der Waals surface area contributed by atoms with Crippen molar-refractivity contribution < 1.29 is 9.52 Å². The van der Waals surface area contributed by atoms with Gasteiger partial charge in [-0.15, -0.1) is 0 Å². The molecule has 2 rings (SSSR count). The van der Waals surface area contributed by atoms with Gasteiger partial charge in [0, 0.05) is 28.9 Å². The molecule has 3 nitrogen and oxygen atoms in total. The number of hydrogen-bond donors (Lipinski definition) is 1. The molecule has 0 fully saturated rings. The van der Waals surface area contributed by atoms with Crippen LogP contribution < -0.4 is 0 Å². The third-order valence-electron chi connectivity index (χ3n) is 2.12. The summed E-state index contributed by atoms with van der Waals surface area (Å²) in [5, 5.41) is 9.85. The monoisotopic (exact) mass is 267 g/mol. The molecule has 0 bridgehead atoms. The Morgan fingerprint density at radius 1 is 1.47 bits per heavy atom. The van der Waals surface area contributed by atoms with Crippen LogP contribution in [-0.2, 0) is 6.42 Å². The summed E-state index contributed by atoms with van der Waals surface area (Å²) in [6.07, 6.45) is 6.56. The lowest BCUT2D eigenvalue weighted by Gasteiger charge is -2.07. The number of nitrogens with zero attached hydrogens (tertiary/aromatic N) is 1. The number of hydrogen-bond acceptors (Lipinski definition) is 3. The molecule has 15 heavy (non-hydrogen) atoms. The molecule has 0 aliphatic rings. The molecule has 1 atom stereocenters. The topological polar surface area (TPSA) is 46.3 Å². The first-order valence-corrected chi connectivity index (χ1v) is 5.34. The quantitative estimate of drug-likeness (QED) is 0.930. The Balaban J connectivity index is 2.09. The Labute approximate surface area is 95.9 Å². The van der Waals surface area contributed by atoms with Crippen LogP contribution >= 0.6 is 15.9 Å². The zero-order valence-corrected chi connectivity index (χ0v) is 9.52. The molecular weight excluding hydrogens is 258 g/mol. The van der Waals surface area contributed by atoms with Crippen molar-refractivity contribution in [3.8, 4) is 0 Å². The predicted octanol–water partition coefficient (Wildman–Crippen LogP) is 2.71. The van der Waals surface area contributed by atoms with Gasteiger partial charge in [-0.2, -0.15) is 0 Å². The van der Waals surface area contributed by atoms with Crippen molar-refractivity contribution in [2.45, 2.75) is 12.5 Å². The maximum Gasteiger partial charge on any atom is 0.0960 e. The number of halogens is 1. The Morgan fingerprint density at radius 3 is 3.00 bits per heavy atom. The summed E-state index contributed by atoms with van der Waals surface area (Å²) < 4.78 is 5.83. The molecule has 2 heterocycles. The predicted molar refractivity (Wildman–Crippen MR) is 59.3 cm³/mol. The maximum absolute atomic E-state index is 9.85. The molecule has 2 aromatic heterocycles. The number of aliphatic hydroxyl groups is 1. The second kappa shape index (κ2) is 4.59. The average molecular weight is 268 g/mol. The van der Waals surface area contributed by atoms with Crippen LogP contribution in [0.4, 0.5) is 0 Å². The standard InChI is InChI=1S/C11H10BrNO2/c12-10-3-8(5-13-6-10)4-11(14)9-1-2-15-7-9/h1-3,5-7,11,14H,4H2. The first-order valence-electron chi connectivity index (χ1n) is 4.55. The Kier molecular flexibility index (Phi) is 3.18. The zero-order valence-electron chi connectivity index (χ0n) is 7.93.